The molecule has 158 valence electrons. The van der Waals surface area contributed by atoms with Gasteiger partial charge in [0.05, 0.1) is 13.0 Å². The van der Waals surface area contributed by atoms with Gasteiger partial charge in [0.25, 0.3) is 0 Å². The molecule has 1 aromatic rings. The van der Waals surface area contributed by atoms with Crippen LogP contribution in [0.5, 0.6) is 0 Å². The highest BCUT2D eigenvalue weighted by Crippen LogP contribution is 2.25. The van der Waals surface area contributed by atoms with Crippen molar-refractivity contribution < 1.29 is 9.59 Å². The van der Waals surface area contributed by atoms with Gasteiger partial charge in [-0.15, -0.1) is 0 Å². The molecule has 0 N–H and O–H groups in total. The van der Waals surface area contributed by atoms with E-state index < -0.39 is 0 Å². The number of piperazine rings is 2. The second kappa shape index (κ2) is 9.45. The van der Waals surface area contributed by atoms with Crippen LogP contribution in [-0.2, 0) is 16.0 Å². The summed E-state index contributed by atoms with van der Waals surface area (Å²) in [5.41, 5.74) is 0.984. The number of halogens is 1. The number of carbonyl (C=O) groups is 2. The van der Waals surface area contributed by atoms with Gasteiger partial charge in [0.1, 0.15) is 0 Å². The number of carbonyl (C=O) groups excluding carboxylic acids is 2. The van der Waals surface area contributed by atoms with Crippen LogP contribution < -0.4 is 0 Å². The summed E-state index contributed by atoms with van der Waals surface area (Å²) in [6, 6.07) is 8.21. The SMILES string of the molecule is O=C(Cc1ccc(Cl)cc1)N1CCN(CC(=O)N2CCN(C3CCC3)CC2)CC1. The monoisotopic (exact) mass is 418 g/mol. The van der Waals surface area contributed by atoms with E-state index in [9.17, 15) is 9.59 Å². The highest BCUT2D eigenvalue weighted by atomic mass is 35.5. The van der Waals surface area contributed by atoms with Gasteiger partial charge in [-0.25, -0.2) is 0 Å². The molecule has 0 radical (unpaired) electrons. The van der Waals surface area contributed by atoms with Gasteiger partial charge in [0.15, 0.2) is 0 Å². The lowest BCUT2D eigenvalue weighted by Crippen LogP contribution is -2.56. The van der Waals surface area contributed by atoms with Crippen molar-refractivity contribution in [3.8, 4) is 0 Å². The third-order valence-corrected chi connectivity index (χ3v) is 6.86. The summed E-state index contributed by atoms with van der Waals surface area (Å²) < 4.78 is 0. The third kappa shape index (κ3) is 5.30. The highest BCUT2D eigenvalue weighted by molar-refractivity contribution is 6.30. The maximum Gasteiger partial charge on any atom is 0.236 e. The smallest absolute Gasteiger partial charge is 0.236 e. The summed E-state index contributed by atoms with van der Waals surface area (Å²) in [5.74, 6) is 0.379. The predicted octanol–water partition coefficient (Wildman–Crippen LogP) is 1.72. The van der Waals surface area contributed by atoms with E-state index in [4.69, 9.17) is 11.6 Å². The largest absolute Gasteiger partial charge is 0.340 e. The quantitative estimate of drug-likeness (QED) is 0.730. The molecule has 7 heteroatoms. The summed E-state index contributed by atoms with van der Waals surface area (Å²) in [6.45, 7) is 7.13. The molecule has 0 spiro atoms. The van der Waals surface area contributed by atoms with Crippen LogP contribution in [0.25, 0.3) is 0 Å². The summed E-state index contributed by atoms with van der Waals surface area (Å²) in [7, 11) is 0. The number of hydrogen-bond acceptors (Lipinski definition) is 4. The van der Waals surface area contributed by atoms with E-state index in [1.54, 1.807) is 0 Å². The Morgan fingerprint density at radius 2 is 1.41 bits per heavy atom. The van der Waals surface area contributed by atoms with Crippen molar-refractivity contribution in [3.05, 3.63) is 34.9 Å². The van der Waals surface area contributed by atoms with Crippen molar-refractivity contribution in [2.24, 2.45) is 0 Å². The maximum absolute atomic E-state index is 12.7. The first-order valence-electron chi connectivity index (χ1n) is 10.8. The Morgan fingerprint density at radius 1 is 0.828 bits per heavy atom. The van der Waals surface area contributed by atoms with Crippen molar-refractivity contribution in [1.29, 1.82) is 0 Å². The molecule has 2 amide bonds. The molecule has 3 fully saturated rings. The highest BCUT2D eigenvalue weighted by Gasteiger charge is 2.30. The molecule has 0 aromatic heterocycles. The number of hydrogen-bond donors (Lipinski definition) is 0. The second-order valence-corrected chi connectivity index (χ2v) is 8.90. The first kappa shape index (κ1) is 20.6. The molecule has 2 aliphatic heterocycles. The van der Waals surface area contributed by atoms with E-state index in [1.807, 2.05) is 34.1 Å². The van der Waals surface area contributed by atoms with Gasteiger partial charge >= 0.3 is 0 Å². The Bertz CT molecular complexity index is 706. The number of rotatable bonds is 5. The van der Waals surface area contributed by atoms with Crippen molar-refractivity contribution in [2.45, 2.75) is 31.7 Å². The molecule has 3 aliphatic rings. The molecular weight excluding hydrogens is 388 g/mol. The van der Waals surface area contributed by atoms with Gasteiger partial charge in [0.2, 0.25) is 11.8 Å². The summed E-state index contributed by atoms with van der Waals surface area (Å²) >= 11 is 5.91. The molecule has 29 heavy (non-hydrogen) atoms. The molecular formula is C22H31ClN4O2. The van der Waals surface area contributed by atoms with Crippen LogP contribution in [0.15, 0.2) is 24.3 Å². The first-order valence-corrected chi connectivity index (χ1v) is 11.2. The minimum absolute atomic E-state index is 0.144. The van der Waals surface area contributed by atoms with Crippen molar-refractivity contribution in [1.82, 2.24) is 19.6 Å². The van der Waals surface area contributed by atoms with E-state index in [2.05, 4.69) is 9.80 Å². The minimum Gasteiger partial charge on any atom is -0.340 e. The zero-order valence-electron chi connectivity index (χ0n) is 17.1. The number of amides is 2. The van der Waals surface area contributed by atoms with Crippen LogP contribution in [0, 0.1) is 0 Å². The molecule has 2 saturated heterocycles. The lowest BCUT2D eigenvalue weighted by atomic mass is 9.91. The average molecular weight is 419 g/mol. The fourth-order valence-corrected chi connectivity index (χ4v) is 4.55. The van der Waals surface area contributed by atoms with Crippen LogP contribution >= 0.6 is 11.6 Å². The Labute approximate surface area is 178 Å². The molecule has 0 atom stereocenters. The third-order valence-electron chi connectivity index (χ3n) is 6.61. The summed E-state index contributed by atoms with van der Waals surface area (Å²) in [6.07, 6.45) is 4.42. The van der Waals surface area contributed by atoms with Crippen LogP contribution in [0.3, 0.4) is 0 Å². The minimum atomic E-state index is 0.144. The second-order valence-electron chi connectivity index (χ2n) is 8.46. The first-order chi connectivity index (χ1) is 14.1. The van der Waals surface area contributed by atoms with E-state index in [-0.39, 0.29) is 11.8 Å². The Kier molecular flexibility index (Phi) is 6.73. The lowest BCUT2D eigenvalue weighted by molar-refractivity contribution is -0.136. The van der Waals surface area contributed by atoms with Gasteiger partial charge < -0.3 is 9.80 Å². The summed E-state index contributed by atoms with van der Waals surface area (Å²) in [4.78, 5) is 33.9. The fourth-order valence-electron chi connectivity index (χ4n) is 4.42. The molecule has 0 unspecified atom stereocenters. The van der Waals surface area contributed by atoms with E-state index in [1.165, 1.54) is 19.3 Å². The molecule has 1 aliphatic carbocycles. The van der Waals surface area contributed by atoms with Crippen LogP contribution in [0.2, 0.25) is 5.02 Å². The maximum atomic E-state index is 12.7. The van der Waals surface area contributed by atoms with Crippen LogP contribution in [0.1, 0.15) is 24.8 Å². The van der Waals surface area contributed by atoms with E-state index in [0.717, 1.165) is 50.9 Å². The normalized spacial score (nSPS) is 21.8. The van der Waals surface area contributed by atoms with Gasteiger partial charge in [0, 0.05) is 63.4 Å². The molecule has 6 nitrogen and oxygen atoms in total. The molecule has 1 aromatic carbocycles. The topological polar surface area (TPSA) is 47.1 Å². The van der Waals surface area contributed by atoms with Gasteiger partial charge in [-0.3, -0.25) is 19.4 Å². The predicted molar refractivity (Wildman–Crippen MR) is 114 cm³/mol. The van der Waals surface area contributed by atoms with Crippen molar-refractivity contribution in [2.75, 3.05) is 58.9 Å². The van der Waals surface area contributed by atoms with Gasteiger partial charge in [-0.1, -0.05) is 30.2 Å². The number of benzene rings is 1. The molecule has 4 rings (SSSR count). The zero-order valence-corrected chi connectivity index (χ0v) is 17.8. The fraction of sp³-hybridized carbons (Fsp3) is 0.636. The van der Waals surface area contributed by atoms with Crippen LogP contribution in [0.4, 0.5) is 0 Å². The Hall–Kier alpha value is -1.63. The number of nitrogens with zero attached hydrogens (tertiary/aromatic N) is 4. The summed E-state index contributed by atoms with van der Waals surface area (Å²) in [5, 5.41) is 0.684. The standard InChI is InChI=1S/C22H31ClN4O2/c23-19-6-4-18(5-7-19)16-21(28)26-10-8-24(9-11-26)17-22(29)27-14-12-25(13-15-27)20-2-1-3-20/h4-7,20H,1-3,8-17H2. The molecule has 1 saturated carbocycles. The van der Waals surface area contributed by atoms with E-state index in [0.29, 0.717) is 31.1 Å². The van der Waals surface area contributed by atoms with E-state index >= 15 is 0 Å². The Morgan fingerprint density at radius 3 is 2.00 bits per heavy atom. The Balaban J connectivity index is 1.17. The van der Waals surface area contributed by atoms with Crippen molar-refractivity contribution >= 4 is 23.4 Å². The van der Waals surface area contributed by atoms with Gasteiger partial charge in [-0.2, -0.15) is 0 Å². The average Bonchev–Trinajstić information content (AvgIpc) is 2.69. The van der Waals surface area contributed by atoms with Gasteiger partial charge in [-0.05, 0) is 30.5 Å². The van der Waals surface area contributed by atoms with Crippen molar-refractivity contribution in [3.63, 3.8) is 0 Å². The van der Waals surface area contributed by atoms with Crippen LogP contribution in [-0.4, -0.2) is 96.4 Å². The molecule has 0 bridgehead atoms. The zero-order chi connectivity index (χ0) is 20.2. The molecule has 2 heterocycles. The lowest BCUT2D eigenvalue weighted by Gasteiger charge is -2.43.